The third-order valence-corrected chi connectivity index (χ3v) is 4.61. The van der Waals surface area contributed by atoms with Gasteiger partial charge in [-0.15, -0.1) is 11.3 Å². The first-order valence-corrected chi connectivity index (χ1v) is 7.92. The molecule has 0 aliphatic heterocycles. The van der Waals surface area contributed by atoms with Gasteiger partial charge < -0.3 is 10.0 Å². The van der Waals surface area contributed by atoms with Gasteiger partial charge >= 0.3 is 0 Å². The topological polar surface area (TPSA) is 39.6 Å². The van der Waals surface area contributed by atoms with Crippen molar-refractivity contribution < 1.29 is 5.11 Å². The van der Waals surface area contributed by atoms with Crippen molar-refractivity contribution in [1.82, 2.24) is 9.88 Å². The van der Waals surface area contributed by atoms with Crippen molar-refractivity contribution in [3.05, 3.63) is 46.5 Å². The molecule has 0 unspecified atom stereocenters. The third kappa shape index (κ3) is 4.52. The lowest BCUT2D eigenvalue weighted by molar-refractivity contribution is 0.185. The molecule has 0 amide bonds. The predicted molar refractivity (Wildman–Crippen MR) is 88.8 cm³/mol. The third-order valence-electron chi connectivity index (χ3n) is 3.30. The van der Waals surface area contributed by atoms with Crippen LogP contribution in [0, 0.1) is 6.92 Å². The van der Waals surface area contributed by atoms with Crippen molar-refractivity contribution in [3.63, 3.8) is 0 Å². The summed E-state index contributed by atoms with van der Waals surface area (Å²) in [6, 6.07) is 10.4. The Labute approximate surface area is 130 Å². The maximum absolute atomic E-state index is 9.29. The highest BCUT2D eigenvalue weighted by atomic mass is 32.1. The molecule has 1 heterocycles. The number of hydrogen-bond donors (Lipinski definition) is 1. The van der Waals surface area contributed by atoms with Crippen molar-refractivity contribution >= 4 is 16.5 Å². The molecule has 4 nitrogen and oxygen atoms in total. The Balaban J connectivity index is 2.09. The minimum absolute atomic E-state index is 0.172. The fourth-order valence-corrected chi connectivity index (χ4v) is 3.18. The first-order chi connectivity index (χ1) is 10.1. The second-order valence-corrected chi connectivity index (χ2v) is 6.38. The number of benzene rings is 1. The summed E-state index contributed by atoms with van der Waals surface area (Å²) in [5, 5.41) is 10.3. The second-order valence-electron chi connectivity index (χ2n) is 5.32. The van der Waals surface area contributed by atoms with E-state index in [9.17, 15) is 5.11 Å². The summed E-state index contributed by atoms with van der Waals surface area (Å²) in [4.78, 5) is 10.1. The lowest BCUT2D eigenvalue weighted by Gasteiger charge is -2.20. The first kappa shape index (κ1) is 15.9. The number of hydrogen-bond acceptors (Lipinski definition) is 5. The van der Waals surface area contributed by atoms with E-state index in [0.717, 1.165) is 23.9 Å². The molecule has 21 heavy (non-hydrogen) atoms. The van der Waals surface area contributed by atoms with Crippen LogP contribution in [0.2, 0.25) is 0 Å². The van der Waals surface area contributed by atoms with E-state index in [1.807, 2.05) is 25.1 Å². The van der Waals surface area contributed by atoms with Crippen molar-refractivity contribution in [2.45, 2.75) is 20.0 Å². The van der Waals surface area contributed by atoms with E-state index < -0.39 is 0 Å². The standard InChI is InChI=1S/C16H23N3OS/c1-13-15(21-16(17-13)18(2)3)12-19(9-10-20)11-14-7-5-4-6-8-14/h4-8,20H,9-12H2,1-3H3. The molecule has 5 heteroatoms. The summed E-state index contributed by atoms with van der Waals surface area (Å²) >= 11 is 1.72. The summed E-state index contributed by atoms with van der Waals surface area (Å²) in [5.74, 6) is 0. The maximum atomic E-state index is 9.29. The Kier molecular flexibility index (Phi) is 5.73. The van der Waals surface area contributed by atoms with Crippen LogP contribution in [-0.2, 0) is 13.1 Å². The molecular weight excluding hydrogens is 282 g/mol. The Morgan fingerprint density at radius 1 is 1.14 bits per heavy atom. The molecule has 0 fully saturated rings. The fraction of sp³-hybridized carbons (Fsp3) is 0.438. The zero-order valence-electron chi connectivity index (χ0n) is 12.9. The van der Waals surface area contributed by atoms with Crippen LogP contribution in [0.25, 0.3) is 0 Å². The number of aliphatic hydroxyl groups excluding tert-OH is 1. The van der Waals surface area contributed by atoms with Gasteiger partial charge in [-0.25, -0.2) is 4.98 Å². The molecule has 0 aliphatic rings. The van der Waals surface area contributed by atoms with E-state index in [1.54, 1.807) is 11.3 Å². The molecule has 0 saturated carbocycles. The highest BCUT2D eigenvalue weighted by Gasteiger charge is 2.13. The Hall–Kier alpha value is -1.43. The Bertz CT molecular complexity index is 554. The average molecular weight is 305 g/mol. The van der Waals surface area contributed by atoms with Crippen LogP contribution in [0.3, 0.4) is 0 Å². The molecule has 0 atom stereocenters. The van der Waals surface area contributed by atoms with Crippen molar-refractivity contribution in [2.24, 2.45) is 0 Å². The normalized spacial score (nSPS) is 11.1. The predicted octanol–water partition coefficient (Wildman–Crippen LogP) is 2.51. The second kappa shape index (κ2) is 7.54. The van der Waals surface area contributed by atoms with Gasteiger partial charge in [0.1, 0.15) is 0 Å². The molecule has 1 aromatic heterocycles. The van der Waals surface area contributed by atoms with Gasteiger partial charge in [-0.2, -0.15) is 0 Å². The lowest BCUT2D eigenvalue weighted by atomic mass is 10.2. The van der Waals surface area contributed by atoms with Gasteiger partial charge in [-0.3, -0.25) is 4.90 Å². The summed E-state index contributed by atoms with van der Waals surface area (Å²) in [5.41, 5.74) is 2.35. The number of thiazole rings is 1. The van der Waals surface area contributed by atoms with Crippen molar-refractivity contribution in [3.8, 4) is 0 Å². The van der Waals surface area contributed by atoms with Crippen LogP contribution < -0.4 is 4.90 Å². The zero-order valence-corrected chi connectivity index (χ0v) is 13.7. The van der Waals surface area contributed by atoms with E-state index in [2.05, 4.69) is 41.1 Å². The molecule has 0 radical (unpaired) electrons. The summed E-state index contributed by atoms with van der Waals surface area (Å²) < 4.78 is 0. The molecule has 0 aliphatic carbocycles. The number of aromatic nitrogens is 1. The summed E-state index contributed by atoms with van der Waals surface area (Å²) in [6.07, 6.45) is 0. The van der Waals surface area contributed by atoms with Crippen molar-refractivity contribution in [2.75, 3.05) is 32.1 Å². The Morgan fingerprint density at radius 3 is 2.43 bits per heavy atom. The van der Waals surface area contributed by atoms with E-state index in [4.69, 9.17) is 0 Å². The van der Waals surface area contributed by atoms with Gasteiger partial charge in [0.25, 0.3) is 0 Å². The highest BCUT2D eigenvalue weighted by Crippen LogP contribution is 2.26. The van der Waals surface area contributed by atoms with E-state index in [1.165, 1.54) is 10.4 Å². The minimum Gasteiger partial charge on any atom is -0.395 e. The smallest absolute Gasteiger partial charge is 0.185 e. The van der Waals surface area contributed by atoms with Crippen LogP contribution in [0.5, 0.6) is 0 Å². The monoisotopic (exact) mass is 305 g/mol. The molecule has 1 N–H and O–H groups in total. The average Bonchev–Trinajstić information content (AvgIpc) is 2.82. The van der Waals surface area contributed by atoms with Gasteiger partial charge in [0.15, 0.2) is 5.13 Å². The fourth-order valence-electron chi connectivity index (χ4n) is 2.15. The molecule has 1 aromatic carbocycles. The molecule has 0 bridgehead atoms. The van der Waals surface area contributed by atoms with Gasteiger partial charge in [0, 0.05) is 38.6 Å². The van der Waals surface area contributed by atoms with Gasteiger partial charge in [0.05, 0.1) is 12.3 Å². The van der Waals surface area contributed by atoms with Crippen LogP contribution in [0.1, 0.15) is 16.1 Å². The van der Waals surface area contributed by atoms with Crippen LogP contribution >= 0.6 is 11.3 Å². The number of aliphatic hydroxyl groups is 1. The van der Waals surface area contributed by atoms with E-state index >= 15 is 0 Å². The SMILES string of the molecule is Cc1nc(N(C)C)sc1CN(CCO)Cc1ccccc1. The van der Waals surface area contributed by atoms with Crippen LogP contribution in [0.4, 0.5) is 5.13 Å². The van der Waals surface area contributed by atoms with E-state index in [0.29, 0.717) is 6.54 Å². The largest absolute Gasteiger partial charge is 0.395 e. The van der Waals surface area contributed by atoms with Crippen molar-refractivity contribution in [1.29, 1.82) is 0 Å². The van der Waals surface area contributed by atoms with Gasteiger partial charge in [0.2, 0.25) is 0 Å². The molecule has 2 rings (SSSR count). The van der Waals surface area contributed by atoms with Crippen LogP contribution in [0.15, 0.2) is 30.3 Å². The summed E-state index contributed by atoms with van der Waals surface area (Å²) in [6.45, 7) is 4.57. The minimum atomic E-state index is 0.172. The summed E-state index contributed by atoms with van der Waals surface area (Å²) in [7, 11) is 4.02. The zero-order chi connectivity index (χ0) is 15.2. The number of rotatable bonds is 7. The molecule has 114 valence electrons. The Morgan fingerprint density at radius 2 is 1.86 bits per heavy atom. The molecular formula is C16H23N3OS. The maximum Gasteiger partial charge on any atom is 0.185 e. The quantitative estimate of drug-likeness (QED) is 0.853. The number of nitrogens with zero attached hydrogens (tertiary/aromatic N) is 3. The first-order valence-electron chi connectivity index (χ1n) is 7.11. The van der Waals surface area contributed by atoms with E-state index in [-0.39, 0.29) is 6.61 Å². The number of aryl methyl sites for hydroxylation is 1. The van der Waals surface area contributed by atoms with Gasteiger partial charge in [-0.05, 0) is 12.5 Å². The van der Waals surface area contributed by atoms with Crippen LogP contribution in [-0.4, -0.2) is 42.2 Å². The number of anilines is 1. The highest BCUT2D eigenvalue weighted by molar-refractivity contribution is 7.15. The molecule has 0 spiro atoms. The molecule has 0 saturated heterocycles. The van der Waals surface area contributed by atoms with Gasteiger partial charge in [-0.1, -0.05) is 30.3 Å². The molecule has 2 aromatic rings. The lowest BCUT2D eigenvalue weighted by Crippen LogP contribution is -2.26.